The van der Waals surface area contributed by atoms with Crippen LogP contribution in [-0.2, 0) is 57.1 Å². The molecule has 13 nitrogen and oxygen atoms in total. The number of rotatable bonds is 9. The van der Waals surface area contributed by atoms with Crippen molar-refractivity contribution in [1.82, 2.24) is 0 Å². The van der Waals surface area contributed by atoms with Crippen LogP contribution in [0.2, 0.25) is 0 Å². The smallest absolute Gasteiger partial charge is 0.303 e. The molecular formula is C19H28O13. The van der Waals surface area contributed by atoms with E-state index < -0.39 is 73.1 Å². The molecule has 2 fully saturated rings. The van der Waals surface area contributed by atoms with Gasteiger partial charge in [0, 0.05) is 34.8 Å². The predicted octanol–water partition coefficient (Wildman–Crippen LogP) is -1.18. The van der Waals surface area contributed by atoms with Crippen LogP contribution in [0.1, 0.15) is 27.7 Å². The molecule has 0 radical (unpaired) electrons. The van der Waals surface area contributed by atoms with Gasteiger partial charge in [0.05, 0.1) is 6.61 Å². The van der Waals surface area contributed by atoms with Gasteiger partial charge in [0.1, 0.15) is 24.9 Å². The van der Waals surface area contributed by atoms with Gasteiger partial charge in [-0.2, -0.15) is 0 Å². The van der Waals surface area contributed by atoms with Crippen molar-refractivity contribution in [3.05, 3.63) is 0 Å². The second-order valence-corrected chi connectivity index (χ2v) is 7.17. The maximum atomic E-state index is 11.5. The van der Waals surface area contributed by atoms with E-state index in [2.05, 4.69) is 0 Å². The number of carbonyl (C=O) groups excluding carboxylic acids is 4. The van der Waals surface area contributed by atoms with E-state index in [1.165, 1.54) is 27.9 Å². The van der Waals surface area contributed by atoms with E-state index in [1.54, 1.807) is 0 Å². The Hall–Kier alpha value is -2.32. The molecule has 0 aromatic rings. The summed E-state index contributed by atoms with van der Waals surface area (Å²) in [7, 11) is 1.32. The van der Waals surface area contributed by atoms with Crippen LogP contribution >= 0.6 is 0 Å². The molecule has 2 aliphatic heterocycles. The summed E-state index contributed by atoms with van der Waals surface area (Å²) in [5.41, 5.74) is 0. The first-order valence-electron chi connectivity index (χ1n) is 9.81. The van der Waals surface area contributed by atoms with Crippen molar-refractivity contribution >= 4 is 23.9 Å². The standard InChI is InChI=1S/C19H28O13/c1-8(20)26-6-12-15(28-9(2)21)14(24)18(31-12)27-7-13-16(29-10(3)22)17(30-11(4)23)19(25-5)32-13/h12-19,24H,6-7H2,1-5H3/t12-,13-,14+,15-,16-,17+,18-,19+/m1/s1. The Labute approximate surface area is 184 Å². The normalized spacial score (nSPS) is 34.1. The van der Waals surface area contributed by atoms with Crippen molar-refractivity contribution in [1.29, 1.82) is 0 Å². The molecule has 0 bridgehead atoms. The van der Waals surface area contributed by atoms with Crippen molar-refractivity contribution in [2.45, 2.75) is 76.9 Å². The van der Waals surface area contributed by atoms with Crippen LogP contribution in [0.5, 0.6) is 0 Å². The quantitative estimate of drug-likeness (QED) is 0.321. The minimum absolute atomic E-state index is 0.273. The van der Waals surface area contributed by atoms with Crippen LogP contribution in [-0.4, -0.2) is 98.5 Å². The van der Waals surface area contributed by atoms with Gasteiger partial charge < -0.3 is 43.0 Å². The molecule has 1 N–H and O–H groups in total. The van der Waals surface area contributed by atoms with Crippen LogP contribution in [0, 0.1) is 0 Å². The number of aliphatic hydroxyl groups excluding tert-OH is 1. The second kappa shape index (κ2) is 11.5. The SMILES string of the molecule is CO[C@H]1O[C@H](CO[C@@H]2O[C@H](COC(C)=O)[C@@H](OC(C)=O)[C@@H]2O)[C@@H](OC(C)=O)[C@@H]1OC(C)=O. The molecule has 13 heteroatoms. The predicted molar refractivity (Wildman–Crippen MR) is 99.6 cm³/mol. The Balaban J connectivity index is 2.08. The van der Waals surface area contributed by atoms with Crippen molar-refractivity contribution in [3.8, 4) is 0 Å². The second-order valence-electron chi connectivity index (χ2n) is 7.17. The third-order valence-corrected chi connectivity index (χ3v) is 4.57. The molecule has 2 aliphatic rings. The van der Waals surface area contributed by atoms with Crippen molar-refractivity contribution < 1.29 is 62.2 Å². The van der Waals surface area contributed by atoms with Gasteiger partial charge in [-0.25, -0.2) is 0 Å². The van der Waals surface area contributed by atoms with Gasteiger partial charge in [0.15, 0.2) is 30.9 Å². The van der Waals surface area contributed by atoms with Gasteiger partial charge in [0.25, 0.3) is 0 Å². The fraction of sp³-hybridized carbons (Fsp3) is 0.789. The fourth-order valence-corrected chi connectivity index (χ4v) is 3.37. The average Bonchev–Trinajstić information content (AvgIpc) is 3.15. The maximum Gasteiger partial charge on any atom is 0.303 e. The summed E-state index contributed by atoms with van der Waals surface area (Å²) in [6.07, 6.45) is -8.88. The zero-order chi connectivity index (χ0) is 24.0. The summed E-state index contributed by atoms with van der Waals surface area (Å²) in [6, 6.07) is 0. The number of hydrogen-bond donors (Lipinski definition) is 1. The van der Waals surface area contributed by atoms with E-state index in [-0.39, 0.29) is 13.2 Å². The highest BCUT2D eigenvalue weighted by Gasteiger charge is 2.52. The van der Waals surface area contributed by atoms with E-state index in [0.29, 0.717) is 0 Å². The van der Waals surface area contributed by atoms with Gasteiger partial charge in [-0.3, -0.25) is 19.2 Å². The van der Waals surface area contributed by atoms with Crippen LogP contribution < -0.4 is 0 Å². The van der Waals surface area contributed by atoms with Crippen molar-refractivity contribution in [2.24, 2.45) is 0 Å². The molecule has 0 saturated carbocycles. The third-order valence-electron chi connectivity index (χ3n) is 4.57. The Morgan fingerprint density at radius 1 is 0.719 bits per heavy atom. The van der Waals surface area contributed by atoms with Gasteiger partial charge in [-0.15, -0.1) is 0 Å². The van der Waals surface area contributed by atoms with Crippen molar-refractivity contribution in [3.63, 3.8) is 0 Å². The minimum atomic E-state index is -1.41. The Kier molecular flexibility index (Phi) is 9.33. The van der Waals surface area contributed by atoms with E-state index in [0.717, 1.165) is 6.92 Å². The summed E-state index contributed by atoms with van der Waals surface area (Å²) in [5, 5.41) is 10.5. The van der Waals surface area contributed by atoms with Crippen LogP contribution in [0.3, 0.4) is 0 Å². The number of aliphatic hydroxyl groups is 1. The van der Waals surface area contributed by atoms with E-state index >= 15 is 0 Å². The molecule has 0 amide bonds. The van der Waals surface area contributed by atoms with E-state index in [9.17, 15) is 24.3 Å². The summed E-state index contributed by atoms with van der Waals surface area (Å²) in [5.74, 6) is -2.54. The minimum Gasteiger partial charge on any atom is -0.463 e. The largest absolute Gasteiger partial charge is 0.463 e. The first-order valence-corrected chi connectivity index (χ1v) is 9.81. The molecule has 0 aromatic heterocycles. The number of esters is 4. The first kappa shape index (κ1) is 25.9. The molecule has 2 rings (SSSR count). The Morgan fingerprint density at radius 2 is 1.22 bits per heavy atom. The summed E-state index contributed by atoms with van der Waals surface area (Å²) < 4.78 is 42.3. The monoisotopic (exact) mass is 464 g/mol. The number of ether oxygens (including phenoxy) is 8. The molecule has 0 aromatic carbocycles. The lowest BCUT2D eigenvalue weighted by molar-refractivity contribution is -0.205. The highest BCUT2D eigenvalue weighted by molar-refractivity contribution is 5.68. The molecule has 32 heavy (non-hydrogen) atoms. The number of carbonyl (C=O) groups is 4. The zero-order valence-corrected chi connectivity index (χ0v) is 18.4. The third kappa shape index (κ3) is 6.84. The van der Waals surface area contributed by atoms with E-state index in [4.69, 9.17) is 37.9 Å². The first-order chi connectivity index (χ1) is 15.0. The lowest BCUT2D eigenvalue weighted by Crippen LogP contribution is -2.42. The highest BCUT2D eigenvalue weighted by Crippen LogP contribution is 2.30. The average molecular weight is 464 g/mol. The fourth-order valence-electron chi connectivity index (χ4n) is 3.37. The molecule has 182 valence electrons. The topological polar surface area (TPSA) is 162 Å². The lowest BCUT2D eigenvalue weighted by Gasteiger charge is -2.24. The molecule has 8 atom stereocenters. The molecular weight excluding hydrogens is 436 g/mol. The zero-order valence-electron chi connectivity index (χ0n) is 18.4. The molecule has 0 unspecified atom stereocenters. The highest BCUT2D eigenvalue weighted by atomic mass is 16.8. The number of methoxy groups -OCH3 is 1. The maximum absolute atomic E-state index is 11.5. The van der Waals surface area contributed by atoms with Gasteiger partial charge in [-0.05, 0) is 0 Å². The van der Waals surface area contributed by atoms with Crippen LogP contribution in [0.4, 0.5) is 0 Å². The summed E-state index contributed by atoms with van der Waals surface area (Å²) in [6.45, 7) is 4.15. The Morgan fingerprint density at radius 3 is 1.75 bits per heavy atom. The van der Waals surface area contributed by atoms with Gasteiger partial charge in [0.2, 0.25) is 0 Å². The molecule has 2 saturated heterocycles. The number of hydrogen-bond acceptors (Lipinski definition) is 13. The molecule has 0 spiro atoms. The lowest BCUT2D eigenvalue weighted by atomic mass is 10.1. The Bertz CT molecular complexity index is 695. The summed E-state index contributed by atoms with van der Waals surface area (Å²) in [4.78, 5) is 45.5. The van der Waals surface area contributed by atoms with Gasteiger partial charge in [-0.1, -0.05) is 0 Å². The van der Waals surface area contributed by atoms with Crippen molar-refractivity contribution in [2.75, 3.05) is 20.3 Å². The molecule has 2 heterocycles. The molecule has 0 aliphatic carbocycles. The van der Waals surface area contributed by atoms with Crippen LogP contribution in [0.25, 0.3) is 0 Å². The summed E-state index contributed by atoms with van der Waals surface area (Å²) >= 11 is 0. The van der Waals surface area contributed by atoms with Gasteiger partial charge >= 0.3 is 23.9 Å². The van der Waals surface area contributed by atoms with Crippen LogP contribution in [0.15, 0.2) is 0 Å². The van der Waals surface area contributed by atoms with E-state index in [1.807, 2.05) is 0 Å².